The second-order valence-electron chi connectivity index (χ2n) is 4.15. The molecule has 0 aliphatic heterocycles. The van der Waals surface area contributed by atoms with E-state index in [1.807, 2.05) is 0 Å². The third-order valence-electron chi connectivity index (χ3n) is 2.18. The van der Waals surface area contributed by atoms with E-state index in [0.29, 0.717) is 10.6 Å². The summed E-state index contributed by atoms with van der Waals surface area (Å²) in [5.41, 5.74) is 2.33. The Balaban J connectivity index is 2.77. The first-order chi connectivity index (χ1) is 7.88. The molecule has 0 saturated heterocycles. The van der Waals surface area contributed by atoms with E-state index >= 15 is 0 Å². The van der Waals surface area contributed by atoms with E-state index in [4.69, 9.17) is 35.0 Å². The van der Waals surface area contributed by atoms with E-state index in [2.05, 4.69) is 5.43 Å². The fourth-order valence-corrected chi connectivity index (χ4v) is 1.54. The lowest BCUT2D eigenvalue weighted by molar-refractivity contribution is 0.0809. The number of carbonyl (C=O) groups excluding carboxylic acids is 1. The van der Waals surface area contributed by atoms with Crippen molar-refractivity contribution in [2.24, 2.45) is 0 Å². The van der Waals surface area contributed by atoms with E-state index < -0.39 is 5.54 Å². The molecule has 3 nitrogen and oxygen atoms in total. The molecule has 0 unspecified atom stereocenters. The van der Waals surface area contributed by atoms with Crippen molar-refractivity contribution in [1.29, 1.82) is 0 Å². The minimum Gasteiger partial charge on any atom is -0.270 e. The Bertz CT molecular complexity index is 409. The SMILES string of the molecule is CC(C)(CCl)N(Cl)NC(=O)c1ccccc1Cl. The maximum absolute atomic E-state index is 11.9. The van der Waals surface area contributed by atoms with Gasteiger partial charge in [-0.2, -0.15) is 0 Å². The summed E-state index contributed by atoms with van der Waals surface area (Å²) < 4.78 is 1.16. The summed E-state index contributed by atoms with van der Waals surface area (Å²) >= 11 is 17.6. The molecule has 94 valence electrons. The first-order valence-corrected chi connectivity index (χ1v) is 6.21. The van der Waals surface area contributed by atoms with Crippen LogP contribution in [0, 0.1) is 0 Å². The number of halogens is 3. The molecular weight excluding hydrogens is 282 g/mol. The maximum Gasteiger partial charge on any atom is 0.268 e. The maximum atomic E-state index is 11.9. The number of nitrogens with zero attached hydrogens (tertiary/aromatic N) is 1. The van der Waals surface area contributed by atoms with Crippen LogP contribution in [0.5, 0.6) is 0 Å². The molecule has 0 fully saturated rings. The van der Waals surface area contributed by atoms with Gasteiger partial charge in [0.2, 0.25) is 0 Å². The Hall–Kier alpha value is -0.480. The molecule has 0 spiro atoms. The number of amides is 1. The number of nitrogens with one attached hydrogen (secondary N) is 1. The van der Waals surface area contributed by atoms with E-state index in [1.165, 1.54) is 0 Å². The van der Waals surface area contributed by atoms with Crippen LogP contribution in [0.15, 0.2) is 24.3 Å². The van der Waals surface area contributed by atoms with Gasteiger partial charge < -0.3 is 0 Å². The molecular formula is C11H13Cl3N2O. The van der Waals surface area contributed by atoms with Crippen molar-refractivity contribution in [3.05, 3.63) is 34.9 Å². The van der Waals surface area contributed by atoms with Crippen molar-refractivity contribution in [1.82, 2.24) is 9.95 Å². The Kier molecular flexibility index (Phi) is 5.07. The monoisotopic (exact) mass is 294 g/mol. The molecule has 1 rings (SSSR count). The molecule has 1 N–H and O–H groups in total. The molecule has 0 aromatic heterocycles. The minimum atomic E-state index is -0.556. The van der Waals surface area contributed by atoms with Gasteiger partial charge in [0.1, 0.15) is 0 Å². The Morgan fingerprint density at radius 3 is 2.53 bits per heavy atom. The third-order valence-corrected chi connectivity index (χ3v) is 3.70. The van der Waals surface area contributed by atoms with Crippen LogP contribution in [0.4, 0.5) is 0 Å². The first kappa shape index (κ1) is 14.6. The normalized spacial score (nSPS) is 11.6. The molecule has 1 aromatic rings. The van der Waals surface area contributed by atoms with Crippen LogP contribution in [-0.4, -0.2) is 21.9 Å². The highest BCUT2D eigenvalue weighted by Gasteiger charge is 2.26. The summed E-state index contributed by atoms with van der Waals surface area (Å²) in [4.78, 5) is 11.9. The van der Waals surface area contributed by atoms with E-state index in [1.54, 1.807) is 38.1 Å². The number of hydrazine groups is 1. The lowest BCUT2D eigenvalue weighted by Gasteiger charge is -2.30. The summed E-state index contributed by atoms with van der Waals surface area (Å²) in [6.45, 7) is 3.61. The van der Waals surface area contributed by atoms with Crippen LogP contribution in [0.25, 0.3) is 0 Å². The molecule has 1 amide bonds. The quantitative estimate of drug-likeness (QED) is 0.524. The minimum absolute atomic E-state index is 0.277. The highest BCUT2D eigenvalue weighted by Crippen LogP contribution is 2.19. The summed E-state index contributed by atoms with van der Waals surface area (Å²) in [5.74, 6) is -0.0944. The molecule has 0 heterocycles. The first-order valence-electron chi connectivity index (χ1n) is 4.96. The predicted molar refractivity (Wildman–Crippen MR) is 71.4 cm³/mol. The van der Waals surface area contributed by atoms with Crippen LogP contribution in [0.2, 0.25) is 5.02 Å². The highest BCUT2D eigenvalue weighted by molar-refractivity contribution is 6.33. The van der Waals surface area contributed by atoms with Gasteiger partial charge in [-0.15, -0.1) is 16.1 Å². The molecule has 0 radical (unpaired) electrons. The third kappa shape index (κ3) is 3.75. The number of hydrogen-bond donors (Lipinski definition) is 1. The number of carbonyl (C=O) groups is 1. The van der Waals surface area contributed by atoms with Crippen molar-refractivity contribution in [3.63, 3.8) is 0 Å². The molecule has 0 aliphatic carbocycles. The molecule has 17 heavy (non-hydrogen) atoms. The second kappa shape index (κ2) is 5.91. The molecule has 0 aliphatic rings. The largest absolute Gasteiger partial charge is 0.270 e. The highest BCUT2D eigenvalue weighted by atomic mass is 35.5. The average molecular weight is 296 g/mol. The Labute approximate surface area is 116 Å². The summed E-state index contributed by atoms with van der Waals surface area (Å²) in [6, 6.07) is 6.74. The van der Waals surface area contributed by atoms with Crippen LogP contribution in [0.3, 0.4) is 0 Å². The lowest BCUT2D eigenvalue weighted by Crippen LogP contribution is -2.49. The van der Waals surface area contributed by atoms with Gasteiger partial charge in [0, 0.05) is 17.7 Å². The standard InChI is InChI=1S/C11H13Cl3N2O/c1-11(2,7-12)16(14)15-10(17)8-5-3-4-6-9(8)13/h3-6H,7H2,1-2H3,(H,15,17). The Morgan fingerprint density at radius 1 is 1.41 bits per heavy atom. The zero-order chi connectivity index (χ0) is 13.1. The topological polar surface area (TPSA) is 32.3 Å². The summed E-state index contributed by atoms with van der Waals surface area (Å²) in [6.07, 6.45) is 0. The van der Waals surface area contributed by atoms with Crippen molar-refractivity contribution in [2.75, 3.05) is 5.88 Å². The fraction of sp³-hybridized carbons (Fsp3) is 0.364. The molecule has 0 bridgehead atoms. The van der Waals surface area contributed by atoms with Gasteiger partial charge in [0.05, 0.1) is 16.1 Å². The Morgan fingerprint density at radius 2 is 2.00 bits per heavy atom. The summed E-state index contributed by atoms with van der Waals surface area (Å²) in [5, 5.41) is 0.374. The van der Waals surface area contributed by atoms with Gasteiger partial charge >= 0.3 is 0 Å². The fourth-order valence-electron chi connectivity index (χ4n) is 0.999. The second-order valence-corrected chi connectivity index (χ2v) is 5.16. The van der Waals surface area contributed by atoms with Crippen molar-refractivity contribution < 1.29 is 4.79 Å². The van der Waals surface area contributed by atoms with E-state index in [9.17, 15) is 4.79 Å². The van der Waals surface area contributed by atoms with E-state index in [-0.39, 0.29) is 11.8 Å². The lowest BCUT2D eigenvalue weighted by atomic mass is 10.1. The van der Waals surface area contributed by atoms with Gasteiger partial charge in [-0.3, -0.25) is 10.2 Å². The molecule has 6 heteroatoms. The van der Waals surface area contributed by atoms with Gasteiger partial charge in [-0.1, -0.05) is 23.7 Å². The van der Waals surface area contributed by atoms with Crippen molar-refractivity contribution >= 4 is 40.9 Å². The van der Waals surface area contributed by atoms with Gasteiger partial charge in [0.25, 0.3) is 5.91 Å². The van der Waals surface area contributed by atoms with Gasteiger partial charge in [0.15, 0.2) is 0 Å². The van der Waals surface area contributed by atoms with Crippen molar-refractivity contribution in [2.45, 2.75) is 19.4 Å². The summed E-state index contributed by atoms with van der Waals surface area (Å²) in [7, 11) is 0. The smallest absolute Gasteiger partial charge is 0.268 e. The van der Waals surface area contributed by atoms with E-state index in [0.717, 1.165) is 4.53 Å². The zero-order valence-electron chi connectivity index (χ0n) is 9.51. The van der Waals surface area contributed by atoms with Gasteiger partial charge in [-0.25, -0.2) is 0 Å². The van der Waals surface area contributed by atoms with Crippen LogP contribution in [0.1, 0.15) is 24.2 Å². The van der Waals surface area contributed by atoms with Gasteiger partial charge in [-0.05, 0) is 26.0 Å². The zero-order valence-corrected chi connectivity index (χ0v) is 11.8. The molecule has 0 saturated carbocycles. The molecule has 1 aromatic carbocycles. The van der Waals surface area contributed by atoms with Crippen molar-refractivity contribution in [3.8, 4) is 0 Å². The number of hydrogen-bond acceptors (Lipinski definition) is 2. The number of rotatable bonds is 4. The number of benzene rings is 1. The molecule has 0 atom stereocenters. The number of alkyl halides is 1. The predicted octanol–water partition coefficient (Wildman–Crippen LogP) is 3.46. The van der Waals surface area contributed by atoms with Crippen LogP contribution < -0.4 is 5.43 Å². The van der Waals surface area contributed by atoms with Crippen LogP contribution >= 0.6 is 35.0 Å². The average Bonchev–Trinajstić information content (AvgIpc) is 2.29. The van der Waals surface area contributed by atoms with Crippen LogP contribution in [-0.2, 0) is 0 Å².